The molecule has 1 aromatic heterocycles. The molecule has 3 rings (SSSR count). The molecule has 162 valence electrons. The molecular weight excluding hydrogens is 420 g/mol. The first-order valence-corrected chi connectivity index (χ1v) is 10.4. The van der Waals surface area contributed by atoms with E-state index < -0.39 is 23.1 Å². The fourth-order valence-corrected chi connectivity index (χ4v) is 4.01. The van der Waals surface area contributed by atoms with E-state index in [9.17, 15) is 19.8 Å². The highest BCUT2D eigenvalue weighted by Crippen LogP contribution is 2.36. The van der Waals surface area contributed by atoms with Crippen molar-refractivity contribution in [2.45, 2.75) is 23.0 Å². The first kappa shape index (κ1) is 22.3. The number of rotatable bonds is 8. The van der Waals surface area contributed by atoms with Gasteiger partial charge in [0.25, 0.3) is 0 Å². The monoisotopic (exact) mass is 442 g/mol. The van der Waals surface area contributed by atoms with Gasteiger partial charge in [0.2, 0.25) is 11.2 Å². The van der Waals surface area contributed by atoms with Crippen LogP contribution in [0.4, 0.5) is 0 Å². The Morgan fingerprint density at radius 1 is 1.10 bits per heavy atom. The summed E-state index contributed by atoms with van der Waals surface area (Å²) in [4.78, 5) is 25.3. The minimum Gasteiger partial charge on any atom is -0.508 e. The Labute approximate surface area is 183 Å². The van der Waals surface area contributed by atoms with Crippen LogP contribution in [-0.2, 0) is 15.3 Å². The molecule has 0 saturated carbocycles. The Balaban J connectivity index is 1.98. The van der Waals surface area contributed by atoms with Crippen molar-refractivity contribution in [1.29, 1.82) is 0 Å². The molecule has 0 saturated heterocycles. The number of carbonyl (C=O) groups excluding carboxylic acids is 1. The molecule has 0 fully saturated rings. The lowest BCUT2D eigenvalue weighted by Crippen LogP contribution is -2.14. The normalized spacial score (nSPS) is 11.7. The van der Waals surface area contributed by atoms with Crippen molar-refractivity contribution in [3.8, 4) is 17.2 Å². The summed E-state index contributed by atoms with van der Waals surface area (Å²) < 4.78 is 16.0. The molecule has 0 unspecified atom stereocenters. The smallest absolute Gasteiger partial charge is 0.306 e. The van der Waals surface area contributed by atoms with E-state index in [0.717, 1.165) is 4.90 Å². The number of esters is 1. The Morgan fingerprint density at radius 2 is 1.87 bits per heavy atom. The Bertz CT molecular complexity index is 1120. The molecule has 0 spiro atoms. The summed E-state index contributed by atoms with van der Waals surface area (Å²) in [7, 11) is 2.82. The van der Waals surface area contributed by atoms with E-state index in [1.54, 1.807) is 19.2 Å². The van der Waals surface area contributed by atoms with E-state index in [4.69, 9.17) is 13.9 Å². The number of thioether (sulfide) groups is 1. The van der Waals surface area contributed by atoms with Crippen LogP contribution in [-0.4, -0.2) is 30.4 Å². The number of para-hydroxylation sites is 1. The second-order valence-electron chi connectivity index (χ2n) is 6.66. The minimum absolute atomic E-state index is 0.0166. The number of hydrogen-bond acceptors (Lipinski definition) is 8. The molecule has 0 radical (unpaired) electrons. The largest absolute Gasteiger partial charge is 0.508 e. The zero-order valence-corrected chi connectivity index (χ0v) is 17.8. The van der Waals surface area contributed by atoms with Crippen molar-refractivity contribution in [3.63, 3.8) is 0 Å². The van der Waals surface area contributed by atoms with Crippen LogP contribution in [0.2, 0.25) is 0 Å². The molecule has 8 heteroatoms. The zero-order valence-electron chi connectivity index (χ0n) is 17.0. The molecule has 1 atom stereocenters. The summed E-state index contributed by atoms with van der Waals surface area (Å²) in [6, 6.07) is 14.9. The van der Waals surface area contributed by atoms with E-state index in [1.807, 2.05) is 24.3 Å². The third-order valence-electron chi connectivity index (χ3n) is 4.63. The van der Waals surface area contributed by atoms with Gasteiger partial charge in [0, 0.05) is 11.0 Å². The average Bonchev–Trinajstić information content (AvgIpc) is 2.78. The van der Waals surface area contributed by atoms with Crippen molar-refractivity contribution in [2.75, 3.05) is 14.2 Å². The predicted molar refractivity (Wildman–Crippen MR) is 116 cm³/mol. The maximum absolute atomic E-state index is 12.4. The lowest BCUT2D eigenvalue weighted by Gasteiger charge is -2.17. The van der Waals surface area contributed by atoms with Gasteiger partial charge < -0.3 is 24.1 Å². The highest BCUT2D eigenvalue weighted by molar-refractivity contribution is 7.98. The summed E-state index contributed by atoms with van der Waals surface area (Å²) in [5.74, 6) is -0.707. The lowest BCUT2D eigenvalue weighted by atomic mass is 9.92. The number of phenolic OH excluding ortho intramolecular Hbond substituents is 1. The van der Waals surface area contributed by atoms with Crippen LogP contribution >= 0.6 is 11.8 Å². The average molecular weight is 442 g/mol. The highest BCUT2D eigenvalue weighted by Gasteiger charge is 2.27. The van der Waals surface area contributed by atoms with Gasteiger partial charge in [-0.3, -0.25) is 9.59 Å². The number of hydrogen-bond donors (Lipinski definition) is 2. The van der Waals surface area contributed by atoms with Gasteiger partial charge in [-0.2, -0.15) is 0 Å². The van der Waals surface area contributed by atoms with Crippen LogP contribution in [0.3, 0.4) is 0 Å². The molecule has 0 bridgehead atoms. The molecule has 31 heavy (non-hydrogen) atoms. The molecule has 1 heterocycles. The topological polar surface area (TPSA) is 106 Å². The number of benzene rings is 2. The van der Waals surface area contributed by atoms with Gasteiger partial charge >= 0.3 is 5.97 Å². The molecule has 0 aliphatic rings. The van der Waals surface area contributed by atoms with Crippen molar-refractivity contribution in [2.24, 2.45) is 0 Å². The third kappa shape index (κ3) is 5.40. The summed E-state index contributed by atoms with van der Waals surface area (Å²) >= 11 is 1.41. The van der Waals surface area contributed by atoms with Crippen molar-refractivity contribution in [3.05, 3.63) is 81.9 Å². The van der Waals surface area contributed by atoms with E-state index in [0.29, 0.717) is 22.8 Å². The first-order chi connectivity index (χ1) is 14.9. The van der Waals surface area contributed by atoms with Crippen molar-refractivity contribution < 1.29 is 28.9 Å². The summed E-state index contributed by atoms with van der Waals surface area (Å²) in [6.07, 6.45) is -0.181. The van der Waals surface area contributed by atoms with Gasteiger partial charge in [0.15, 0.2) is 5.76 Å². The molecule has 2 aromatic carbocycles. The summed E-state index contributed by atoms with van der Waals surface area (Å²) in [6.45, 7) is 0. The fourth-order valence-electron chi connectivity index (χ4n) is 3.10. The zero-order chi connectivity index (χ0) is 22.4. The number of ether oxygens (including phenoxy) is 2. The molecule has 7 nitrogen and oxygen atoms in total. The Kier molecular flexibility index (Phi) is 7.25. The Hall–Kier alpha value is -3.39. The van der Waals surface area contributed by atoms with Gasteiger partial charge in [-0.25, -0.2) is 0 Å². The van der Waals surface area contributed by atoms with Crippen molar-refractivity contribution >= 4 is 17.7 Å². The molecule has 0 aliphatic heterocycles. The highest BCUT2D eigenvalue weighted by atomic mass is 32.2. The maximum Gasteiger partial charge on any atom is 0.306 e. The van der Waals surface area contributed by atoms with E-state index in [2.05, 4.69) is 0 Å². The molecular formula is C23H22O7S. The van der Waals surface area contributed by atoms with Crippen LogP contribution in [0.1, 0.15) is 29.4 Å². The van der Waals surface area contributed by atoms with Crippen LogP contribution in [0, 0.1) is 0 Å². The van der Waals surface area contributed by atoms with Gasteiger partial charge in [0.1, 0.15) is 17.3 Å². The van der Waals surface area contributed by atoms with Gasteiger partial charge in [-0.1, -0.05) is 24.3 Å². The van der Waals surface area contributed by atoms with Gasteiger partial charge in [-0.05, 0) is 29.8 Å². The lowest BCUT2D eigenvalue weighted by molar-refractivity contribution is -0.140. The quantitative estimate of drug-likeness (QED) is 0.398. The number of phenols is 1. The number of methoxy groups -OCH3 is 2. The van der Waals surface area contributed by atoms with E-state index in [1.165, 1.54) is 37.1 Å². The third-order valence-corrected chi connectivity index (χ3v) is 5.70. The van der Waals surface area contributed by atoms with Gasteiger partial charge in [0.05, 0.1) is 32.3 Å². The summed E-state index contributed by atoms with van der Waals surface area (Å²) in [5, 5.41) is 20.3. The fraction of sp³-hybridized carbons (Fsp3) is 0.217. The van der Waals surface area contributed by atoms with Crippen LogP contribution in [0.5, 0.6) is 17.2 Å². The van der Waals surface area contributed by atoms with Crippen LogP contribution in [0.25, 0.3) is 0 Å². The maximum atomic E-state index is 12.4. The number of aromatic hydroxyl groups is 2. The van der Waals surface area contributed by atoms with Crippen LogP contribution in [0.15, 0.2) is 68.7 Å². The minimum atomic E-state index is -0.816. The molecule has 3 aromatic rings. The number of carbonyl (C=O) groups is 1. The SMILES string of the molecule is COC(=O)C[C@H](c1cccc(O)c1)c1oc(CSc2ccccc2OC)cc(=O)c1O. The standard InChI is InChI=1S/C23H22O7S/c1-28-19-8-3-4-9-20(19)31-13-16-11-18(25)22(27)23(30-16)17(12-21(26)29-2)14-6-5-7-15(24)10-14/h3-11,17,24,27H,12-13H2,1-2H3/t17-/m1/s1. The second kappa shape index (κ2) is 10.1. The second-order valence-corrected chi connectivity index (χ2v) is 7.67. The Morgan fingerprint density at radius 3 is 2.58 bits per heavy atom. The molecule has 0 amide bonds. The van der Waals surface area contributed by atoms with E-state index >= 15 is 0 Å². The first-order valence-electron chi connectivity index (χ1n) is 9.40. The molecule has 2 N–H and O–H groups in total. The van der Waals surface area contributed by atoms with Crippen LogP contribution < -0.4 is 10.2 Å². The predicted octanol–water partition coefficient (Wildman–Crippen LogP) is 4.05. The van der Waals surface area contributed by atoms with Crippen molar-refractivity contribution in [1.82, 2.24) is 0 Å². The van der Waals surface area contributed by atoms with Gasteiger partial charge in [-0.15, -0.1) is 11.8 Å². The summed E-state index contributed by atoms with van der Waals surface area (Å²) in [5.41, 5.74) is -0.120. The molecule has 0 aliphatic carbocycles. The van der Waals surface area contributed by atoms with E-state index in [-0.39, 0.29) is 17.9 Å².